The van der Waals surface area contributed by atoms with Crippen molar-refractivity contribution in [2.24, 2.45) is 5.92 Å². The third kappa shape index (κ3) is 3.82. The van der Waals surface area contributed by atoms with E-state index in [9.17, 15) is 15.0 Å². The fraction of sp³-hybridized carbons (Fsp3) is 0.400. The minimum absolute atomic E-state index is 0.0432. The first kappa shape index (κ1) is 14.6. The number of allylic oxidation sites excluding steroid dienone is 1. The summed E-state index contributed by atoms with van der Waals surface area (Å²) in [5.41, 5.74) is 0.687. The maximum absolute atomic E-state index is 11.7. The number of methoxy groups -OCH3 is 1. The number of carbonyl (C=O) groups is 1. The van der Waals surface area contributed by atoms with Crippen LogP contribution >= 0.6 is 0 Å². The molecule has 0 saturated heterocycles. The van der Waals surface area contributed by atoms with Crippen LogP contribution in [0.2, 0.25) is 0 Å². The highest BCUT2D eigenvalue weighted by molar-refractivity contribution is 5.99. The molecule has 3 atom stereocenters. The number of rotatable bonds is 4. The fourth-order valence-corrected chi connectivity index (χ4v) is 2.27. The van der Waals surface area contributed by atoms with Gasteiger partial charge in [0.2, 0.25) is 5.91 Å². The van der Waals surface area contributed by atoms with Crippen LogP contribution in [-0.2, 0) is 4.79 Å². The second-order valence-corrected chi connectivity index (χ2v) is 4.94. The molecule has 5 nitrogen and oxygen atoms in total. The summed E-state index contributed by atoms with van der Waals surface area (Å²) in [7, 11) is 1.58. The highest BCUT2D eigenvalue weighted by Gasteiger charge is 2.29. The number of amides is 1. The summed E-state index contributed by atoms with van der Waals surface area (Å²) < 4.78 is 5.04. The predicted molar refractivity (Wildman–Crippen MR) is 75.5 cm³/mol. The summed E-state index contributed by atoms with van der Waals surface area (Å²) in [5, 5.41) is 21.6. The van der Waals surface area contributed by atoms with Gasteiger partial charge in [-0.25, -0.2) is 0 Å². The van der Waals surface area contributed by atoms with Crippen molar-refractivity contribution in [1.29, 1.82) is 0 Å². The summed E-state index contributed by atoms with van der Waals surface area (Å²) in [5.74, 6) is 0.542. The van der Waals surface area contributed by atoms with E-state index >= 15 is 0 Å². The van der Waals surface area contributed by atoms with Gasteiger partial charge in [-0.15, -0.1) is 0 Å². The number of aliphatic hydroxyl groups excluding tert-OH is 2. The average molecular weight is 277 g/mol. The molecule has 3 N–H and O–H groups in total. The number of nitrogens with one attached hydrogen (secondary N) is 1. The zero-order chi connectivity index (χ0) is 14.5. The molecule has 1 aromatic rings. The molecule has 1 fully saturated rings. The van der Waals surface area contributed by atoms with E-state index in [0.29, 0.717) is 18.5 Å². The Balaban J connectivity index is 1.85. The molecule has 0 aromatic heterocycles. The highest BCUT2D eigenvalue weighted by Crippen LogP contribution is 2.26. The second-order valence-electron chi connectivity index (χ2n) is 4.94. The first-order valence-corrected chi connectivity index (χ1v) is 6.58. The third-order valence-corrected chi connectivity index (χ3v) is 3.41. The van der Waals surface area contributed by atoms with Gasteiger partial charge in [-0.05, 0) is 49.1 Å². The molecule has 1 aromatic carbocycles. The van der Waals surface area contributed by atoms with Crippen molar-refractivity contribution < 1.29 is 19.7 Å². The lowest BCUT2D eigenvalue weighted by atomic mass is 10.1. The molecule has 0 bridgehead atoms. The predicted octanol–water partition coefficient (Wildman–Crippen LogP) is 1.32. The Morgan fingerprint density at radius 3 is 2.40 bits per heavy atom. The van der Waals surface area contributed by atoms with E-state index < -0.39 is 12.2 Å². The van der Waals surface area contributed by atoms with Crippen LogP contribution in [0.25, 0.3) is 0 Å². The summed E-state index contributed by atoms with van der Waals surface area (Å²) in [4.78, 5) is 11.7. The average Bonchev–Trinajstić information content (AvgIpc) is 2.76. The molecule has 20 heavy (non-hydrogen) atoms. The lowest BCUT2D eigenvalue weighted by Crippen LogP contribution is -2.17. The number of anilines is 1. The number of carbonyl (C=O) groups excluding carboxylic acids is 1. The molecule has 0 radical (unpaired) electrons. The quantitative estimate of drug-likeness (QED) is 0.725. The van der Waals surface area contributed by atoms with Crippen LogP contribution in [0.4, 0.5) is 5.69 Å². The molecule has 2 rings (SSSR count). The maximum Gasteiger partial charge on any atom is 0.248 e. The molecule has 1 saturated carbocycles. The largest absolute Gasteiger partial charge is 0.497 e. The van der Waals surface area contributed by atoms with Gasteiger partial charge in [0.1, 0.15) is 5.75 Å². The van der Waals surface area contributed by atoms with E-state index in [1.807, 2.05) is 0 Å². The Morgan fingerprint density at radius 2 is 1.85 bits per heavy atom. The van der Waals surface area contributed by atoms with Gasteiger partial charge in [-0.3, -0.25) is 4.79 Å². The lowest BCUT2D eigenvalue weighted by Gasteiger charge is -2.04. The van der Waals surface area contributed by atoms with Gasteiger partial charge < -0.3 is 20.3 Å². The van der Waals surface area contributed by atoms with Crippen LogP contribution in [0.3, 0.4) is 0 Å². The second kappa shape index (κ2) is 6.54. The minimum atomic E-state index is -0.686. The van der Waals surface area contributed by atoms with E-state index in [-0.39, 0.29) is 11.8 Å². The topological polar surface area (TPSA) is 78.8 Å². The summed E-state index contributed by atoms with van der Waals surface area (Å²) in [6, 6.07) is 7.05. The Morgan fingerprint density at radius 1 is 1.25 bits per heavy atom. The fourth-order valence-electron chi connectivity index (χ4n) is 2.27. The van der Waals surface area contributed by atoms with Gasteiger partial charge in [0.15, 0.2) is 0 Å². The molecule has 1 amide bonds. The van der Waals surface area contributed by atoms with Crippen LogP contribution in [-0.4, -0.2) is 35.4 Å². The number of aliphatic hydroxyl groups is 2. The normalized spacial score (nSPS) is 25.9. The molecule has 0 heterocycles. The van der Waals surface area contributed by atoms with E-state index in [1.54, 1.807) is 37.5 Å². The third-order valence-electron chi connectivity index (χ3n) is 3.41. The maximum atomic E-state index is 11.7. The SMILES string of the molecule is COc1ccc(NC(=O)/C=C/C2C[C@@H](O)[C@@H](O)C2)cc1. The Hall–Kier alpha value is -1.85. The number of hydrogen-bond donors (Lipinski definition) is 3. The zero-order valence-electron chi connectivity index (χ0n) is 11.3. The molecule has 0 aliphatic heterocycles. The van der Waals surface area contributed by atoms with Gasteiger partial charge in [0, 0.05) is 5.69 Å². The van der Waals surface area contributed by atoms with Crippen molar-refractivity contribution in [3.05, 3.63) is 36.4 Å². The Kier molecular flexibility index (Phi) is 4.76. The molecule has 5 heteroatoms. The summed E-state index contributed by atoms with van der Waals surface area (Å²) in [6.07, 6.45) is 2.79. The minimum Gasteiger partial charge on any atom is -0.497 e. The molecular weight excluding hydrogens is 258 g/mol. The van der Waals surface area contributed by atoms with Crippen LogP contribution in [0, 0.1) is 5.92 Å². The van der Waals surface area contributed by atoms with E-state index in [4.69, 9.17) is 4.74 Å². The van der Waals surface area contributed by atoms with E-state index in [2.05, 4.69) is 5.32 Å². The highest BCUT2D eigenvalue weighted by atomic mass is 16.5. The van der Waals surface area contributed by atoms with Crippen LogP contribution in [0.1, 0.15) is 12.8 Å². The van der Waals surface area contributed by atoms with Crippen molar-refractivity contribution in [3.63, 3.8) is 0 Å². The molecule has 0 spiro atoms. The molecule has 1 aliphatic rings. The molecular formula is C15H19NO4. The van der Waals surface area contributed by atoms with Gasteiger partial charge in [-0.2, -0.15) is 0 Å². The smallest absolute Gasteiger partial charge is 0.248 e. The molecule has 1 unspecified atom stereocenters. The van der Waals surface area contributed by atoms with Crippen molar-refractivity contribution >= 4 is 11.6 Å². The van der Waals surface area contributed by atoms with Crippen molar-refractivity contribution in [2.75, 3.05) is 12.4 Å². The van der Waals surface area contributed by atoms with Crippen LogP contribution in [0.5, 0.6) is 5.75 Å². The van der Waals surface area contributed by atoms with Gasteiger partial charge in [0.25, 0.3) is 0 Å². The van der Waals surface area contributed by atoms with E-state index in [0.717, 1.165) is 5.75 Å². The zero-order valence-corrected chi connectivity index (χ0v) is 11.3. The number of hydrogen-bond acceptors (Lipinski definition) is 4. The van der Waals surface area contributed by atoms with Crippen LogP contribution < -0.4 is 10.1 Å². The van der Waals surface area contributed by atoms with Crippen molar-refractivity contribution in [2.45, 2.75) is 25.0 Å². The first-order valence-electron chi connectivity index (χ1n) is 6.58. The number of benzene rings is 1. The van der Waals surface area contributed by atoms with Gasteiger partial charge in [0.05, 0.1) is 19.3 Å². The Bertz CT molecular complexity index is 473. The standard InChI is InChI=1S/C15H19NO4/c1-20-12-5-3-11(4-6-12)16-15(19)7-2-10-8-13(17)14(18)9-10/h2-7,10,13-14,17-18H,8-9H2,1H3,(H,16,19)/b7-2+/t10?,13-,14+. The monoisotopic (exact) mass is 277 g/mol. The first-order chi connectivity index (χ1) is 9.58. The van der Waals surface area contributed by atoms with Gasteiger partial charge in [-0.1, -0.05) is 6.08 Å². The lowest BCUT2D eigenvalue weighted by molar-refractivity contribution is -0.111. The van der Waals surface area contributed by atoms with Crippen molar-refractivity contribution in [3.8, 4) is 5.75 Å². The molecule has 108 valence electrons. The van der Waals surface area contributed by atoms with Crippen LogP contribution in [0.15, 0.2) is 36.4 Å². The molecule has 1 aliphatic carbocycles. The summed E-state index contributed by atoms with van der Waals surface area (Å²) in [6.45, 7) is 0. The summed E-state index contributed by atoms with van der Waals surface area (Å²) >= 11 is 0. The Labute approximate surface area is 117 Å². The van der Waals surface area contributed by atoms with E-state index in [1.165, 1.54) is 6.08 Å². The van der Waals surface area contributed by atoms with Gasteiger partial charge >= 0.3 is 0 Å². The van der Waals surface area contributed by atoms with Crippen molar-refractivity contribution in [1.82, 2.24) is 0 Å². The number of ether oxygens (including phenoxy) is 1.